The lowest BCUT2D eigenvalue weighted by atomic mass is 10.2. The number of nitrogens with one attached hydrogen (secondary N) is 2. The van der Waals surface area contributed by atoms with Crippen molar-refractivity contribution in [3.63, 3.8) is 0 Å². The fraction of sp³-hybridized carbons (Fsp3) is 0.250. The summed E-state index contributed by atoms with van der Waals surface area (Å²) < 4.78 is 4.90. The number of ether oxygens (including phenoxy) is 1. The normalized spacial score (nSPS) is 10.0. The highest BCUT2D eigenvalue weighted by Crippen LogP contribution is 2.12. The fourth-order valence-corrected chi connectivity index (χ4v) is 2.22. The van der Waals surface area contributed by atoms with E-state index in [0.717, 1.165) is 11.1 Å². The van der Waals surface area contributed by atoms with Gasteiger partial charge in [0.1, 0.15) is 0 Å². The Kier molecular flexibility index (Phi) is 7.36. The maximum atomic E-state index is 11.8. The molecule has 0 radical (unpaired) electrons. The summed E-state index contributed by atoms with van der Waals surface area (Å²) in [6.07, 6.45) is -0.0522. The van der Waals surface area contributed by atoms with E-state index in [9.17, 15) is 14.4 Å². The second-order valence-corrected chi connectivity index (χ2v) is 5.79. The number of aryl methyl sites for hydroxylation is 1. The van der Waals surface area contributed by atoms with Crippen LogP contribution < -0.4 is 10.6 Å². The van der Waals surface area contributed by atoms with Crippen molar-refractivity contribution in [1.82, 2.24) is 5.32 Å². The number of benzene rings is 2. The van der Waals surface area contributed by atoms with Crippen molar-refractivity contribution < 1.29 is 19.1 Å². The summed E-state index contributed by atoms with van der Waals surface area (Å²) in [4.78, 5) is 35.2. The zero-order chi connectivity index (χ0) is 18.8. The van der Waals surface area contributed by atoms with Gasteiger partial charge in [-0.05, 0) is 24.1 Å². The van der Waals surface area contributed by atoms with Gasteiger partial charge in [-0.25, -0.2) is 0 Å². The molecule has 0 aliphatic rings. The molecule has 2 N–H and O–H groups in total. The number of hydrogen-bond acceptors (Lipinski definition) is 4. The number of carbonyl (C=O) groups excluding carboxylic acids is 3. The molecule has 6 heteroatoms. The van der Waals surface area contributed by atoms with E-state index in [1.165, 1.54) is 0 Å². The predicted molar refractivity (Wildman–Crippen MR) is 98.3 cm³/mol. The minimum Gasteiger partial charge on any atom is -0.456 e. The smallest absolute Gasteiger partial charge is 0.306 e. The van der Waals surface area contributed by atoms with Crippen molar-refractivity contribution in [3.8, 4) is 0 Å². The first-order valence-corrected chi connectivity index (χ1v) is 8.36. The van der Waals surface area contributed by atoms with Crippen LogP contribution in [0.1, 0.15) is 24.0 Å². The lowest BCUT2D eigenvalue weighted by Gasteiger charge is -2.09. The molecule has 2 aromatic carbocycles. The minimum absolute atomic E-state index is 0.0189. The molecule has 2 aromatic rings. The highest BCUT2D eigenvalue weighted by atomic mass is 16.5. The molecule has 0 aromatic heterocycles. The van der Waals surface area contributed by atoms with Crippen LogP contribution in [-0.4, -0.2) is 24.4 Å². The Morgan fingerprint density at radius 3 is 2.31 bits per heavy atom. The zero-order valence-electron chi connectivity index (χ0n) is 14.7. The quantitative estimate of drug-likeness (QED) is 0.714. The largest absolute Gasteiger partial charge is 0.456 e. The zero-order valence-corrected chi connectivity index (χ0v) is 14.7. The predicted octanol–water partition coefficient (Wildman–Crippen LogP) is 2.57. The third kappa shape index (κ3) is 6.76. The number of carbonyl (C=O) groups is 3. The number of rotatable bonds is 8. The summed E-state index contributed by atoms with van der Waals surface area (Å²) in [5, 5.41) is 5.41. The summed E-state index contributed by atoms with van der Waals surface area (Å²) in [5.41, 5.74) is 2.58. The van der Waals surface area contributed by atoms with Gasteiger partial charge in [0.05, 0.1) is 6.42 Å². The molecule has 0 atom stereocenters. The van der Waals surface area contributed by atoms with E-state index in [-0.39, 0.29) is 25.4 Å². The number of amides is 2. The second-order valence-electron chi connectivity index (χ2n) is 5.79. The second kappa shape index (κ2) is 9.98. The van der Waals surface area contributed by atoms with E-state index < -0.39 is 11.9 Å². The van der Waals surface area contributed by atoms with Gasteiger partial charge < -0.3 is 15.4 Å². The Bertz CT molecular complexity index is 759. The molecule has 0 aliphatic heterocycles. The minimum atomic E-state index is -0.584. The lowest BCUT2D eigenvalue weighted by molar-refractivity contribution is -0.148. The van der Waals surface area contributed by atoms with Crippen molar-refractivity contribution >= 4 is 23.5 Å². The molecule has 0 spiro atoms. The molecule has 2 rings (SSSR count). The Morgan fingerprint density at radius 2 is 1.58 bits per heavy atom. The van der Waals surface area contributed by atoms with Crippen LogP contribution >= 0.6 is 0 Å². The fourth-order valence-electron chi connectivity index (χ4n) is 2.22. The average molecular weight is 354 g/mol. The van der Waals surface area contributed by atoms with Crippen molar-refractivity contribution in [1.29, 1.82) is 0 Å². The van der Waals surface area contributed by atoms with Gasteiger partial charge in [-0.1, -0.05) is 48.5 Å². The molecule has 6 nitrogen and oxygen atoms in total. The Balaban J connectivity index is 1.63. The van der Waals surface area contributed by atoms with Crippen molar-refractivity contribution in [2.24, 2.45) is 0 Å². The van der Waals surface area contributed by atoms with E-state index in [1.807, 2.05) is 55.5 Å². The Labute approximate surface area is 152 Å². The molecule has 0 heterocycles. The summed E-state index contributed by atoms with van der Waals surface area (Å²) in [6, 6.07) is 16.8. The van der Waals surface area contributed by atoms with Crippen LogP contribution in [0.25, 0.3) is 0 Å². The van der Waals surface area contributed by atoms with E-state index in [4.69, 9.17) is 4.74 Å². The van der Waals surface area contributed by atoms with Crippen molar-refractivity contribution in [2.75, 3.05) is 11.9 Å². The van der Waals surface area contributed by atoms with Gasteiger partial charge in [-0.2, -0.15) is 0 Å². The molecule has 2 amide bonds. The summed E-state index contributed by atoms with van der Waals surface area (Å²) in [5.74, 6) is -1.24. The summed E-state index contributed by atoms with van der Waals surface area (Å²) >= 11 is 0. The van der Waals surface area contributed by atoms with Gasteiger partial charge in [0, 0.05) is 18.7 Å². The topological polar surface area (TPSA) is 84.5 Å². The highest BCUT2D eigenvalue weighted by Gasteiger charge is 2.11. The molecule has 0 unspecified atom stereocenters. The van der Waals surface area contributed by atoms with E-state index in [2.05, 4.69) is 10.6 Å². The summed E-state index contributed by atoms with van der Waals surface area (Å²) in [6.45, 7) is 1.90. The Morgan fingerprint density at radius 1 is 0.885 bits per heavy atom. The number of hydrogen-bond donors (Lipinski definition) is 2. The van der Waals surface area contributed by atoms with Crippen LogP contribution in [0.15, 0.2) is 54.6 Å². The first-order valence-electron chi connectivity index (χ1n) is 8.36. The first kappa shape index (κ1) is 19.2. The van der Waals surface area contributed by atoms with Crippen LogP contribution in [-0.2, 0) is 25.7 Å². The standard InChI is InChI=1S/C20H22N2O4/c1-15-7-5-6-10-17(15)22-19(24)14-26-20(25)12-11-18(23)21-13-16-8-3-2-4-9-16/h2-10H,11-14H2,1H3,(H,21,23)(H,22,24). The van der Waals surface area contributed by atoms with Gasteiger partial charge >= 0.3 is 5.97 Å². The van der Waals surface area contributed by atoms with Gasteiger partial charge in [-0.3, -0.25) is 14.4 Å². The maximum absolute atomic E-state index is 11.8. The van der Waals surface area contributed by atoms with E-state index in [0.29, 0.717) is 12.2 Å². The number of para-hydroxylation sites is 1. The van der Waals surface area contributed by atoms with Crippen LogP contribution in [0.5, 0.6) is 0 Å². The SMILES string of the molecule is Cc1ccccc1NC(=O)COC(=O)CCC(=O)NCc1ccccc1. The van der Waals surface area contributed by atoms with E-state index in [1.54, 1.807) is 6.07 Å². The third-order valence-corrected chi connectivity index (χ3v) is 3.67. The lowest BCUT2D eigenvalue weighted by Crippen LogP contribution is -2.25. The molecule has 0 bridgehead atoms. The molecule has 0 saturated carbocycles. The molecule has 0 fully saturated rings. The van der Waals surface area contributed by atoms with E-state index >= 15 is 0 Å². The Hall–Kier alpha value is -3.15. The maximum Gasteiger partial charge on any atom is 0.306 e. The molecular weight excluding hydrogens is 332 g/mol. The number of esters is 1. The van der Waals surface area contributed by atoms with Crippen LogP contribution in [0.4, 0.5) is 5.69 Å². The van der Waals surface area contributed by atoms with Crippen molar-refractivity contribution in [3.05, 3.63) is 65.7 Å². The third-order valence-electron chi connectivity index (χ3n) is 3.67. The van der Waals surface area contributed by atoms with Gasteiger partial charge in [-0.15, -0.1) is 0 Å². The van der Waals surface area contributed by atoms with Crippen molar-refractivity contribution in [2.45, 2.75) is 26.3 Å². The molecule has 26 heavy (non-hydrogen) atoms. The van der Waals surface area contributed by atoms with Crippen LogP contribution in [0, 0.1) is 6.92 Å². The van der Waals surface area contributed by atoms with Gasteiger partial charge in [0.2, 0.25) is 5.91 Å². The average Bonchev–Trinajstić information content (AvgIpc) is 2.65. The monoisotopic (exact) mass is 354 g/mol. The molecule has 0 aliphatic carbocycles. The molecular formula is C20H22N2O4. The molecule has 0 saturated heterocycles. The first-order chi connectivity index (χ1) is 12.5. The van der Waals surface area contributed by atoms with Crippen LogP contribution in [0.2, 0.25) is 0 Å². The summed E-state index contributed by atoms with van der Waals surface area (Å²) in [7, 11) is 0. The highest BCUT2D eigenvalue weighted by molar-refractivity contribution is 5.93. The van der Waals surface area contributed by atoms with Gasteiger partial charge in [0.15, 0.2) is 6.61 Å². The van der Waals surface area contributed by atoms with Crippen LogP contribution in [0.3, 0.4) is 0 Å². The molecule has 136 valence electrons. The van der Waals surface area contributed by atoms with Gasteiger partial charge in [0.25, 0.3) is 5.91 Å². The number of anilines is 1.